The molecule has 1 unspecified atom stereocenters. The lowest BCUT2D eigenvalue weighted by molar-refractivity contribution is 0.563. The van der Waals surface area contributed by atoms with E-state index < -0.39 is 0 Å². The molecule has 1 aromatic carbocycles. The summed E-state index contributed by atoms with van der Waals surface area (Å²) in [7, 11) is 4.00. The van der Waals surface area contributed by atoms with Gasteiger partial charge in [0.2, 0.25) is 0 Å². The van der Waals surface area contributed by atoms with Gasteiger partial charge < -0.3 is 9.88 Å². The van der Waals surface area contributed by atoms with Crippen molar-refractivity contribution >= 4 is 15.9 Å². The summed E-state index contributed by atoms with van der Waals surface area (Å²) in [6, 6.07) is 8.66. The molecule has 0 radical (unpaired) electrons. The van der Waals surface area contributed by atoms with E-state index >= 15 is 0 Å². The summed E-state index contributed by atoms with van der Waals surface area (Å²) in [5.74, 6) is 1.09. The fraction of sp³-hybridized carbons (Fsp3) is 0.308. The van der Waals surface area contributed by atoms with Crippen LogP contribution in [0.5, 0.6) is 0 Å². The summed E-state index contributed by atoms with van der Waals surface area (Å²) in [4.78, 5) is 4.36. The van der Waals surface area contributed by atoms with Crippen molar-refractivity contribution in [1.82, 2.24) is 14.9 Å². The standard InChI is InChI=1S/C13H16BrN3/c1-15-12(9-13-16-6-7-17(13)2)10-4-3-5-11(14)8-10/h3-8,12,15H,9H2,1-2H3. The number of rotatable bonds is 4. The molecule has 4 heteroatoms. The van der Waals surface area contributed by atoms with E-state index in [-0.39, 0.29) is 6.04 Å². The van der Waals surface area contributed by atoms with Gasteiger partial charge in [-0.1, -0.05) is 28.1 Å². The second kappa shape index (κ2) is 5.47. The van der Waals surface area contributed by atoms with Crippen LogP contribution in [0.4, 0.5) is 0 Å². The summed E-state index contributed by atoms with van der Waals surface area (Å²) < 4.78 is 3.16. The summed E-state index contributed by atoms with van der Waals surface area (Å²) in [6.07, 6.45) is 4.70. The average molecular weight is 294 g/mol. The van der Waals surface area contributed by atoms with Crippen LogP contribution in [0.2, 0.25) is 0 Å². The van der Waals surface area contributed by atoms with Gasteiger partial charge in [0.05, 0.1) is 0 Å². The van der Waals surface area contributed by atoms with E-state index in [1.807, 2.05) is 32.6 Å². The molecule has 0 aliphatic carbocycles. The highest BCUT2D eigenvalue weighted by Crippen LogP contribution is 2.20. The molecule has 17 heavy (non-hydrogen) atoms. The molecular formula is C13H16BrN3. The SMILES string of the molecule is CNC(Cc1nccn1C)c1cccc(Br)c1. The Balaban J connectivity index is 2.20. The lowest BCUT2D eigenvalue weighted by atomic mass is 10.0. The van der Waals surface area contributed by atoms with Gasteiger partial charge in [-0.25, -0.2) is 4.98 Å². The molecule has 90 valence electrons. The number of nitrogens with one attached hydrogen (secondary N) is 1. The predicted octanol–water partition coefficient (Wildman–Crippen LogP) is 2.69. The Morgan fingerprint density at radius 3 is 2.88 bits per heavy atom. The molecule has 3 nitrogen and oxygen atoms in total. The maximum atomic E-state index is 4.36. The third-order valence-electron chi connectivity index (χ3n) is 2.91. The monoisotopic (exact) mass is 293 g/mol. The molecule has 0 aliphatic rings. The van der Waals surface area contributed by atoms with Crippen molar-refractivity contribution < 1.29 is 0 Å². The van der Waals surface area contributed by atoms with Gasteiger partial charge in [-0.15, -0.1) is 0 Å². The quantitative estimate of drug-likeness (QED) is 0.939. The lowest BCUT2D eigenvalue weighted by Crippen LogP contribution is -2.20. The number of aromatic nitrogens is 2. The normalized spacial score (nSPS) is 12.6. The Kier molecular flexibility index (Phi) is 3.97. The molecule has 0 spiro atoms. The predicted molar refractivity (Wildman–Crippen MR) is 72.9 cm³/mol. The Morgan fingerprint density at radius 1 is 1.47 bits per heavy atom. The van der Waals surface area contributed by atoms with E-state index in [9.17, 15) is 0 Å². The van der Waals surface area contributed by atoms with Gasteiger partial charge in [-0.05, 0) is 24.7 Å². The van der Waals surface area contributed by atoms with Crippen LogP contribution in [0.3, 0.4) is 0 Å². The van der Waals surface area contributed by atoms with E-state index in [0.29, 0.717) is 0 Å². The molecule has 0 fully saturated rings. The van der Waals surface area contributed by atoms with Gasteiger partial charge in [0.25, 0.3) is 0 Å². The van der Waals surface area contributed by atoms with E-state index in [2.05, 4.69) is 49.0 Å². The average Bonchev–Trinajstić information content (AvgIpc) is 2.71. The molecule has 2 rings (SSSR count). The van der Waals surface area contributed by atoms with Crippen molar-refractivity contribution in [2.75, 3.05) is 7.05 Å². The summed E-state index contributed by atoms with van der Waals surface area (Å²) in [5.41, 5.74) is 1.27. The Labute approximate surface area is 110 Å². The molecule has 0 aliphatic heterocycles. The first-order chi connectivity index (χ1) is 8.20. The fourth-order valence-corrected chi connectivity index (χ4v) is 2.30. The molecule has 1 N–H and O–H groups in total. The van der Waals surface area contributed by atoms with E-state index in [1.54, 1.807) is 0 Å². The Morgan fingerprint density at radius 2 is 2.29 bits per heavy atom. The van der Waals surface area contributed by atoms with Crippen LogP contribution >= 0.6 is 15.9 Å². The number of halogens is 1. The first-order valence-electron chi connectivity index (χ1n) is 5.59. The molecule has 0 bridgehead atoms. The highest BCUT2D eigenvalue weighted by molar-refractivity contribution is 9.10. The topological polar surface area (TPSA) is 29.9 Å². The maximum absolute atomic E-state index is 4.36. The van der Waals surface area contributed by atoms with Crippen LogP contribution in [-0.4, -0.2) is 16.6 Å². The molecule has 2 aromatic rings. The van der Waals surface area contributed by atoms with E-state index in [4.69, 9.17) is 0 Å². The van der Waals surface area contributed by atoms with Gasteiger partial charge in [0, 0.05) is 36.4 Å². The minimum Gasteiger partial charge on any atom is -0.338 e. The summed E-state index contributed by atoms with van der Waals surface area (Å²) >= 11 is 3.50. The van der Waals surface area contributed by atoms with Crippen molar-refractivity contribution in [1.29, 1.82) is 0 Å². The van der Waals surface area contributed by atoms with Gasteiger partial charge in [-0.3, -0.25) is 0 Å². The molecular weight excluding hydrogens is 278 g/mol. The van der Waals surface area contributed by atoms with Crippen LogP contribution in [-0.2, 0) is 13.5 Å². The molecule has 1 heterocycles. The minimum absolute atomic E-state index is 0.286. The molecule has 0 saturated carbocycles. The first kappa shape index (κ1) is 12.3. The zero-order valence-electron chi connectivity index (χ0n) is 10.0. The highest BCUT2D eigenvalue weighted by Gasteiger charge is 2.12. The molecule has 0 saturated heterocycles. The molecule has 0 amide bonds. The van der Waals surface area contributed by atoms with Crippen LogP contribution in [0.1, 0.15) is 17.4 Å². The van der Waals surface area contributed by atoms with Crippen molar-refractivity contribution in [2.24, 2.45) is 7.05 Å². The number of benzene rings is 1. The van der Waals surface area contributed by atoms with Gasteiger partial charge in [-0.2, -0.15) is 0 Å². The van der Waals surface area contributed by atoms with Crippen LogP contribution in [0.25, 0.3) is 0 Å². The zero-order valence-corrected chi connectivity index (χ0v) is 11.6. The van der Waals surface area contributed by atoms with Crippen molar-refractivity contribution in [3.63, 3.8) is 0 Å². The van der Waals surface area contributed by atoms with Crippen molar-refractivity contribution in [3.8, 4) is 0 Å². The number of imidazole rings is 1. The van der Waals surface area contributed by atoms with Crippen molar-refractivity contribution in [2.45, 2.75) is 12.5 Å². The van der Waals surface area contributed by atoms with Gasteiger partial charge >= 0.3 is 0 Å². The summed E-state index contributed by atoms with van der Waals surface area (Å²) in [5, 5.41) is 3.34. The van der Waals surface area contributed by atoms with E-state index in [1.165, 1.54) is 5.56 Å². The van der Waals surface area contributed by atoms with Crippen molar-refractivity contribution in [3.05, 3.63) is 52.5 Å². The number of likely N-dealkylation sites (N-methyl/N-ethyl adjacent to an activating group) is 1. The largest absolute Gasteiger partial charge is 0.338 e. The second-order valence-electron chi connectivity index (χ2n) is 4.05. The van der Waals surface area contributed by atoms with Gasteiger partial charge in [0.1, 0.15) is 5.82 Å². The number of aryl methyl sites for hydroxylation is 1. The number of hydrogen-bond acceptors (Lipinski definition) is 2. The van der Waals surface area contributed by atoms with Crippen LogP contribution in [0, 0.1) is 0 Å². The van der Waals surface area contributed by atoms with Crippen LogP contribution < -0.4 is 5.32 Å². The first-order valence-corrected chi connectivity index (χ1v) is 6.39. The third kappa shape index (κ3) is 2.96. The highest BCUT2D eigenvalue weighted by atomic mass is 79.9. The Hall–Kier alpha value is -1.13. The van der Waals surface area contributed by atoms with E-state index in [0.717, 1.165) is 16.7 Å². The zero-order chi connectivity index (χ0) is 12.3. The van der Waals surface area contributed by atoms with Crippen LogP contribution in [0.15, 0.2) is 41.1 Å². The lowest BCUT2D eigenvalue weighted by Gasteiger charge is -2.16. The summed E-state index contributed by atoms with van der Waals surface area (Å²) in [6.45, 7) is 0. The smallest absolute Gasteiger partial charge is 0.110 e. The molecule has 1 aromatic heterocycles. The third-order valence-corrected chi connectivity index (χ3v) is 3.40. The Bertz CT molecular complexity index is 493. The second-order valence-corrected chi connectivity index (χ2v) is 4.97. The molecule has 1 atom stereocenters. The number of nitrogens with zero attached hydrogens (tertiary/aromatic N) is 2. The van der Waals surface area contributed by atoms with Gasteiger partial charge in [0.15, 0.2) is 0 Å². The maximum Gasteiger partial charge on any atom is 0.110 e. The fourth-order valence-electron chi connectivity index (χ4n) is 1.89. The minimum atomic E-state index is 0.286. The number of hydrogen-bond donors (Lipinski definition) is 1.